The maximum Gasteiger partial charge on any atom is 0.336 e. The third kappa shape index (κ3) is 5.12. The van der Waals surface area contributed by atoms with Crippen molar-refractivity contribution < 1.29 is 23.8 Å². The molecule has 0 bridgehead atoms. The minimum atomic E-state index is -1.12. The Labute approximate surface area is 179 Å². The first-order chi connectivity index (χ1) is 14.8. The maximum absolute atomic E-state index is 12.6. The number of carbonyl (C=O) groups excluding carboxylic acids is 1. The van der Waals surface area contributed by atoms with Gasteiger partial charge in [0.25, 0.3) is 5.91 Å². The van der Waals surface area contributed by atoms with Gasteiger partial charge in [-0.15, -0.1) is 0 Å². The topological polar surface area (TPSA) is 106 Å². The van der Waals surface area contributed by atoms with E-state index < -0.39 is 29.6 Å². The van der Waals surface area contributed by atoms with Gasteiger partial charge >= 0.3 is 11.6 Å². The van der Waals surface area contributed by atoms with E-state index in [-0.39, 0.29) is 6.42 Å². The fourth-order valence-corrected chi connectivity index (χ4v) is 3.41. The number of aryl methyl sites for hydroxylation is 2. The van der Waals surface area contributed by atoms with Crippen molar-refractivity contribution in [2.24, 2.45) is 0 Å². The third-order valence-corrected chi connectivity index (χ3v) is 5.15. The van der Waals surface area contributed by atoms with Crippen molar-refractivity contribution in [3.05, 3.63) is 75.6 Å². The van der Waals surface area contributed by atoms with Crippen LogP contribution in [0.3, 0.4) is 0 Å². The molecule has 0 spiro atoms. The van der Waals surface area contributed by atoms with Gasteiger partial charge in [0.15, 0.2) is 6.10 Å². The van der Waals surface area contributed by atoms with Crippen LogP contribution in [0.4, 0.5) is 0 Å². The molecule has 0 unspecified atom stereocenters. The maximum atomic E-state index is 12.6. The predicted octanol–water partition coefficient (Wildman–Crippen LogP) is 3.24. The number of fused-ring (bicyclic) bond motifs is 1. The van der Waals surface area contributed by atoms with Crippen LogP contribution >= 0.6 is 0 Å². The molecule has 3 aromatic rings. The molecule has 0 radical (unpaired) electrons. The highest BCUT2D eigenvalue weighted by molar-refractivity contribution is 5.87. The number of aliphatic carboxylic acids is 1. The zero-order valence-electron chi connectivity index (χ0n) is 17.7. The molecule has 1 heterocycles. The van der Waals surface area contributed by atoms with E-state index in [1.165, 1.54) is 6.07 Å². The number of amides is 1. The molecule has 162 valence electrons. The second-order valence-electron chi connectivity index (χ2n) is 7.36. The number of hydrogen-bond acceptors (Lipinski definition) is 5. The summed E-state index contributed by atoms with van der Waals surface area (Å²) in [6.45, 7) is 5.24. The molecule has 0 saturated carbocycles. The lowest BCUT2D eigenvalue weighted by atomic mass is 10.0. The van der Waals surface area contributed by atoms with Crippen LogP contribution < -0.4 is 15.7 Å². The molecule has 0 fully saturated rings. The van der Waals surface area contributed by atoms with E-state index in [0.29, 0.717) is 23.3 Å². The van der Waals surface area contributed by atoms with Crippen LogP contribution in [0.25, 0.3) is 11.0 Å². The summed E-state index contributed by atoms with van der Waals surface area (Å²) in [5.41, 5.74) is 2.25. The Hall–Kier alpha value is -3.61. The molecule has 0 aliphatic rings. The average Bonchev–Trinajstić information content (AvgIpc) is 2.75. The highest BCUT2D eigenvalue weighted by Crippen LogP contribution is 2.29. The highest BCUT2D eigenvalue weighted by Gasteiger charge is 2.25. The normalized spacial score (nSPS) is 12.9. The third-order valence-electron chi connectivity index (χ3n) is 5.15. The number of carbonyl (C=O) groups is 2. The van der Waals surface area contributed by atoms with Crippen LogP contribution in [-0.2, 0) is 22.4 Å². The molecule has 7 nitrogen and oxygen atoms in total. The zero-order chi connectivity index (χ0) is 22.5. The fraction of sp³-hybridized carbons (Fsp3) is 0.292. The number of carboxylic acids is 1. The predicted molar refractivity (Wildman–Crippen MR) is 116 cm³/mol. The van der Waals surface area contributed by atoms with Crippen molar-refractivity contribution in [3.63, 3.8) is 0 Å². The fourth-order valence-electron chi connectivity index (χ4n) is 3.41. The molecular formula is C24H25NO6. The summed E-state index contributed by atoms with van der Waals surface area (Å²) in [6, 6.07) is 13.0. The first kappa shape index (κ1) is 22.1. The molecule has 1 amide bonds. The lowest BCUT2D eigenvalue weighted by Crippen LogP contribution is -2.47. The van der Waals surface area contributed by atoms with Crippen molar-refractivity contribution in [1.29, 1.82) is 0 Å². The zero-order valence-corrected chi connectivity index (χ0v) is 17.7. The number of nitrogens with one attached hydrogen (secondary N) is 1. The molecule has 1 aromatic heterocycles. The summed E-state index contributed by atoms with van der Waals surface area (Å²) in [5.74, 6) is -1.28. The Bertz CT molecular complexity index is 1150. The summed E-state index contributed by atoms with van der Waals surface area (Å²) < 4.78 is 11.2. The van der Waals surface area contributed by atoms with Gasteiger partial charge in [-0.2, -0.15) is 0 Å². The highest BCUT2D eigenvalue weighted by atomic mass is 16.5. The lowest BCUT2D eigenvalue weighted by Gasteiger charge is -2.20. The molecule has 0 aliphatic carbocycles. The Kier molecular flexibility index (Phi) is 6.74. The standard InChI is InChI=1S/C24H25NO6/c1-4-17-13-21(26)31-22-14(2)20(11-10-18(17)22)30-15(3)23(27)25-19(24(28)29)12-16-8-6-5-7-9-16/h5-11,13,15,19H,4,12H2,1-3H3,(H,25,27)(H,28,29)/t15-,19+/m1/s1. The second kappa shape index (κ2) is 9.47. The van der Waals surface area contributed by atoms with Crippen LogP contribution in [0.2, 0.25) is 0 Å². The molecule has 2 atom stereocenters. The summed E-state index contributed by atoms with van der Waals surface area (Å²) in [4.78, 5) is 36.1. The van der Waals surface area contributed by atoms with E-state index >= 15 is 0 Å². The van der Waals surface area contributed by atoms with Gasteiger partial charge in [-0.25, -0.2) is 9.59 Å². The number of rotatable bonds is 8. The van der Waals surface area contributed by atoms with Crippen molar-refractivity contribution >= 4 is 22.8 Å². The molecule has 2 aromatic carbocycles. The molecule has 0 saturated heterocycles. The number of ether oxygens (including phenoxy) is 1. The van der Waals surface area contributed by atoms with E-state index in [2.05, 4.69) is 5.32 Å². The van der Waals surface area contributed by atoms with Crippen LogP contribution in [0.1, 0.15) is 30.5 Å². The molecule has 3 rings (SSSR count). The van der Waals surface area contributed by atoms with Gasteiger partial charge < -0.3 is 19.6 Å². The van der Waals surface area contributed by atoms with Crippen molar-refractivity contribution in [3.8, 4) is 5.75 Å². The minimum absolute atomic E-state index is 0.161. The Balaban J connectivity index is 1.77. The van der Waals surface area contributed by atoms with E-state index in [1.807, 2.05) is 25.1 Å². The number of carboxylic acid groups (broad SMARTS) is 1. The molecule has 0 aliphatic heterocycles. The minimum Gasteiger partial charge on any atom is -0.480 e. The van der Waals surface area contributed by atoms with Crippen molar-refractivity contribution in [1.82, 2.24) is 5.32 Å². The second-order valence-corrected chi connectivity index (χ2v) is 7.36. The van der Waals surface area contributed by atoms with Gasteiger partial charge in [0, 0.05) is 23.4 Å². The van der Waals surface area contributed by atoms with E-state index in [0.717, 1.165) is 16.5 Å². The monoisotopic (exact) mass is 423 g/mol. The van der Waals surface area contributed by atoms with Crippen LogP contribution in [-0.4, -0.2) is 29.1 Å². The first-order valence-corrected chi connectivity index (χ1v) is 10.1. The smallest absolute Gasteiger partial charge is 0.336 e. The largest absolute Gasteiger partial charge is 0.480 e. The Morgan fingerprint density at radius 3 is 2.52 bits per heavy atom. The molecule has 2 N–H and O–H groups in total. The van der Waals surface area contributed by atoms with E-state index in [4.69, 9.17) is 9.15 Å². The summed E-state index contributed by atoms with van der Waals surface area (Å²) in [6.07, 6.45) is -0.109. The molecular weight excluding hydrogens is 398 g/mol. The van der Waals surface area contributed by atoms with Crippen LogP contribution in [0.15, 0.2) is 57.7 Å². The van der Waals surface area contributed by atoms with Crippen LogP contribution in [0, 0.1) is 6.92 Å². The van der Waals surface area contributed by atoms with Crippen molar-refractivity contribution in [2.75, 3.05) is 0 Å². The van der Waals surface area contributed by atoms with Crippen molar-refractivity contribution in [2.45, 2.75) is 45.8 Å². The molecule has 7 heteroatoms. The molecule has 31 heavy (non-hydrogen) atoms. The summed E-state index contributed by atoms with van der Waals surface area (Å²) >= 11 is 0. The van der Waals surface area contributed by atoms with Crippen LogP contribution in [0.5, 0.6) is 5.75 Å². The van der Waals surface area contributed by atoms with Gasteiger partial charge in [-0.3, -0.25) is 4.79 Å². The van der Waals surface area contributed by atoms with Gasteiger partial charge in [0.1, 0.15) is 17.4 Å². The van der Waals surface area contributed by atoms with Gasteiger partial charge in [-0.1, -0.05) is 37.3 Å². The van der Waals surface area contributed by atoms with E-state index in [9.17, 15) is 19.5 Å². The number of benzene rings is 2. The Morgan fingerprint density at radius 2 is 1.87 bits per heavy atom. The SMILES string of the molecule is CCc1cc(=O)oc2c(C)c(O[C@H](C)C(=O)N[C@@H](Cc3ccccc3)C(=O)O)ccc12. The summed E-state index contributed by atoms with van der Waals surface area (Å²) in [5, 5.41) is 12.8. The lowest BCUT2D eigenvalue weighted by molar-refractivity contribution is -0.142. The van der Waals surface area contributed by atoms with Gasteiger partial charge in [0.05, 0.1) is 0 Å². The van der Waals surface area contributed by atoms with Gasteiger partial charge in [-0.05, 0) is 43.5 Å². The quantitative estimate of drug-likeness (QED) is 0.539. The first-order valence-electron chi connectivity index (χ1n) is 10.1. The number of hydrogen-bond donors (Lipinski definition) is 2. The van der Waals surface area contributed by atoms with Gasteiger partial charge in [0.2, 0.25) is 0 Å². The van der Waals surface area contributed by atoms with E-state index in [1.54, 1.807) is 38.1 Å². The summed E-state index contributed by atoms with van der Waals surface area (Å²) in [7, 11) is 0. The Morgan fingerprint density at radius 1 is 1.16 bits per heavy atom. The average molecular weight is 423 g/mol.